The summed E-state index contributed by atoms with van der Waals surface area (Å²) in [6, 6.07) is 10.7. The average Bonchev–Trinajstić information content (AvgIpc) is 2.85. The van der Waals surface area contributed by atoms with Crippen LogP contribution in [0.5, 0.6) is 0 Å². The van der Waals surface area contributed by atoms with Gasteiger partial charge in [0.2, 0.25) is 0 Å². The minimum absolute atomic E-state index is 0.00987. The van der Waals surface area contributed by atoms with E-state index in [1.54, 1.807) is 53.9 Å². The van der Waals surface area contributed by atoms with Crippen LogP contribution >= 0.6 is 0 Å². The molecule has 0 N–H and O–H groups in total. The first kappa shape index (κ1) is 20.0. The molecule has 0 atom stereocenters. The normalized spacial score (nSPS) is 14.6. The number of amides is 1. The molecule has 8 heteroatoms. The number of benzene rings is 1. The van der Waals surface area contributed by atoms with Crippen molar-refractivity contribution in [2.75, 3.05) is 13.1 Å². The second-order valence-electron chi connectivity index (χ2n) is 8.00. The molecule has 1 amide bonds. The van der Waals surface area contributed by atoms with Crippen LogP contribution in [0, 0.1) is 5.92 Å². The molecule has 0 bridgehead atoms. The molecular formula is C24H22N6O2. The van der Waals surface area contributed by atoms with E-state index in [1.807, 2.05) is 23.1 Å². The Balaban J connectivity index is 1.22. The number of hydrogen-bond acceptors (Lipinski definition) is 6. The molecule has 1 saturated heterocycles. The van der Waals surface area contributed by atoms with Crippen LogP contribution < -0.4 is 5.56 Å². The van der Waals surface area contributed by atoms with E-state index >= 15 is 0 Å². The van der Waals surface area contributed by atoms with E-state index in [4.69, 9.17) is 0 Å². The number of carbonyl (C=O) groups excluding carboxylic acids is 1. The number of carbonyl (C=O) groups is 1. The van der Waals surface area contributed by atoms with Crippen LogP contribution in [0.25, 0.3) is 22.3 Å². The van der Waals surface area contributed by atoms with Gasteiger partial charge in [-0.15, -0.1) is 0 Å². The summed E-state index contributed by atoms with van der Waals surface area (Å²) in [6.45, 7) is 1.93. The lowest BCUT2D eigenvalue weighted by atomic mass is 9.96. The molecule has 1 fully saturated rings. The first-order valence-electron chi connectivity index (χ1n) is 10.6. The minimum atomic E-state index is -0.0744. The predicted molar refractivity (Wildman–Crippen MR) is 120 cm³/mol. The number of likely N-dealkylation sites (tertiary alicyclic amines) is 1. The predicted octanol–water partition coefficient (Wildman–Crippen LogP) is 2.80. The van der Waals surface area contributed by atoms with Gasteiger partial charge in [-0.25, -0.2) is 4.98 Å². The smallest absolute Gasteiger partial charge is 0.253 e. The summed E-state index contributed by atoms with van der Waals surface area (Å²) in [7, 11) is 0. The highest BCUT2D eigenvalue weighted by Gasteiger charge is 2.24. The molecule has 32 heavy (non-hydrogen) atoms. The van der Waals surface area contributed by atoms with Gasteiger partial charge in [0.05, 0.1) is 23.1 Å². The van der Waals surface area contributed by atoms with E-state index in [0.29, 0.717) is 36.8 Å². The van der Waals surface area contributed by atoms with E-state index in [1.165, 1.54) is 0 Å². The molecular weight excluding hydrogens is 404 g/mol. The van der Waals surface area contributed by atoms with Crippen molar-refractivity contribution >= 4 is 16.9 Å². The monoisotopic (exact) mass is 426 g/mol. The molecule has 0 aliphatic carbocycles. The zero-order chi connectivity index (χ0) is 21.9. The zero-order valence-electron chi connectivity index (χ0n) is 17.5. The largest absolute Gasteiger partial charge is 0.339 e. The topological polar surface area (TPSA) is 93.9 Å². The maximum absolute atomic E-state index is 12.9. The second-order valence-corrected chi connectivity index (χ2v) is 8.00. The molecule has 1 aliphatic heterocycles. The fourth-order valence-corrected chi connectivity index (χ4v) is 4.11. The lowest BCUT2D eigenvalue weighted by Gasteiger charge is -2.32. The third-order valence-corrected chi connectivity index (χ3v) is 5.91. The van der Waals surface area contributed by atoms with Crippen molar-refractivity contribution in [3.8, 4) is 11.3 Å². The molecule has 0 unspecified atom stereocenters. The van der Waals surface area contributed by atoms with Crippen molar-refractivity contribution in [3.05, 3.63) is 83.4 Å². The SMILES string of the molecule is O=C(c1ccc2nccnc2c1)N1CCC(Cn2cnc(-c3cccnc3)cc2=O)CC1. The Labute approximate surface area is 184 Å². The summed E-state index contributed by atoms with van der Waals surface area (Å²) >= 11 is 0. The Kier molecular flexibility index (Phi) is 5.41. The van der Waals surface area contributed by atoms with E-state index in [2.05, 4.69) is 19.9 Å². The summed E-state index contributed by atoms with van der Waals surface area (Å²) in [5, 5.41) is 0. The highest BCUT2D eigenvalue weighted by atomic mass is 16.2. The summed E-state index contributed by atoms with van der Waals surface area (Å²) in [5.41, 5.74) is 3.49. The first-order valence-corrected chi connectivity index (χ1v) is 10.6. The fourth-order valence-electron chi connectivity index (χ4n) is 4.11. The Morgan fingerprint density at radius 2 is 1.78 bits per heavy atom. The van der Waals surface area contributed by atoms with Gasteiger partial charge < -0.3 is 4.90 Å². The Hall–Kier alpha value is -3.94. The van der Waals surface area contributed by atoms with Gasteiger partial charge in [0.25, 0.3) is 11.5 Å². The summed E-state index contributed by atoms with van der Waals surface area (Å²) in [4.78, 5) is 44.4. The van der Waals surface area contributed by atoms with E-state index < -0.39 is 0 Å². The van der Waals surface area contributed by atoms with Crippen molar-refractivity contribution in [1.82, 2.24) is 29.4 Å². The summed E-state index contributed by atoms with van der Waals surface area (Å²) in [5.74, 6) is 0.334. The van der Waals surface area contributed by atoms with Crippen LogP contribution in [0.3, 0.4) is 0 Å². The number of nitrogens with zero attached hydrogens (tertiary/aromatic N) is 6. The van der Waals surface area contributed by atoms with Gasteiger partial charge in [0, 0.05) is 61.6 Å². The molecule has 160 valence electrons. The molecule has 4 aromatic rings. The van der Waals surface area contributed by atoms with Crippen molar-refractivity contribution in [1.29, 1.82) is 0 Å². The number of aromatic nitrogens is 5. The van der Waals surface area contributed by atoms with Gasteiger partial charge in [-0.05, 0) is 49.1 Å². The number of piperidine rings is 1. The highest BCUT2D eigenvalue weighted by Crippen LogP contribution is 2.21. The van der Waals surface area contributed by atoms with Crippen molar-refractivity contribution in [2.24, 2.45) is 5.92 Å². The number of hydrogen-bond donors (Lipinski definition) is 0. The van der Waals surface area contributed by atoms with E-state index in [-0.39, 0.29) is 11.5 Å². The van der Waals surface area contributed by atoms with Gasteiger partial charge in [0.15, 0.2) is 0 Å². The molecule has 3 aromatic heterocycles. The van der Waals surface area contributed by atoms with Crippen molar-refractivity contribution in [2.45, 2.75) is 19.4 Å². The number of rotatable bonds is 4. The van der Waals surface area contributed by atoms with Crippen molar-refractivity contribution < 1.29 is 4.79 Å². The molecule has 0 spiro atoms. The van der Waals surface area contributed by atoms with Crippen LogP contribution in [0.15, 0.2) is 72.3 Å². The van der Waals surface area contributed by atoms with Crippen molar-refractivity contribution in [3.63, 3.8) is 0 Å². The maximum atomic E-state index is 12.9. The maximum Gasteiger partial charge on any atom is 0.253 e. The number of pyridine rings is 1. The quantitative estimate of drug-likeness (QED) is 0.498. The second kappa shape index (κ2) is 8.66. The Morgan fingerprint density at radius 3 is 2.53 bits per heavy atom. The highest BCUT2D eigenvalue weighted by molar-refractivity contribution is 5.97. The van der Waals surface area contributed by atoms with Gasteiger partial charge in [-0.3, -0.25) is 29.1 Å². The molecule has 5 rings (SSSR count). The lowest BCUT2D eigenvalue weighted by Crippen LogP contribution is -2.40. The first-order chi connectivity index (χ1) is 15.7. The lowest BCUT2D eigenvalue weighted by molar-refractivity contribution is 0.0682. The van der Waals surface area contributed by atoms with E-state index in [9.17, 15) is 9.59 Å². The van der Waals surface area contributed by atoms with Gasteiger partial charge in [-0.1, -0.05) is 0 Å². The van der Waals surface area contributed by atoms with Gasteiger partial charge in [-0.2, -0.15) is 0 Å². The standard InChI is InChI=1S/C24H22N6O2/c31-23-13-21(19-2-1-7-25-14-19)28-16-30(23)15-17-5-10-29(11-6-17)24(32)18-3-4-20-22(12-18)27-9-8-26-20/h1-4,7-9,12-14,16-17H,5-6,10-11,15H2. The molecule has 8 nitrogen and oxygen atoms in total. The number of fused-ring (bicyclic) bond motifs is 1. The summed E-state index contributed by atoms with van der Waals surface area (Å²) in [6.07, 6.45) is 9.95. The Morgan fingerprint density at radius 1 is 0.969 bits per heavy atom. The van der Waals surface area contributed by atoms with Crippen LogP contribution in [0.1, 0.15) is 23.2 Å². The van der Waals surface area contributed by atoms with Crippen LogP contribution in [0.2, 0.25) is 0 Å². The Bertz CT molecular complexity index is 1310. The van der Waals surface area contributed by atoms with Gasteiger partial charge in [0.1, 0.15) is 0 Å². The molecule has 4 heterocycles. The minimum Gasteiger partial charge on any atom is -0.339 e. The van der Waals surface area contributed by atoms with Crippen LogP contribution in [-0.2, 0) is 6.54 Å². The average molecular weight is 426 g/mol. The van der Waals surface area contributed by atoms with Crippen LogP contribution in [-0.4, -0.2) is 48.4 Å². The molecule has 0 radical (unpaired) electrons. The third-order valence-electron chi connectivity index (χ3n) is 5.91. The third kappa shape index (κ3) is 4.12. The fraction of sp³-hybridized carbons (Fsp3) is 0.250. The molecule has 1 aromatic carbocycles. The molecule has 0 saturated carbocycles. The van der Waals surface area contributed by atoms with Crippen LogP contribution in [0.4, 0.5) is 0 Å². The van der Waals surface area contributed by atoms with Gasteiger partial charge >= 0.3 is 0 Å². The zero-order valence-corrected chi connectivity index (χ0v) is 17.5. The summed E-state index contributed by atoms with van der Waals surface area (Å²) < 4.78 is 1.66. The van der Waals surface area contributed by atoms with E-state index in [0.717, 1.165) is 29.4 Å². The molecule has 1 aliphatic rings.